The molecule has 0 aromatic heterocycles. The van der Waals surface area contributed by atoms with Gasteiger partial charge in [0.15, 0.2) is 0 Å². The van der Waals surface area contributed by atoms with Gasteiger partial charge in [-0.25, -0.2) is 9.28 Å². The lowest BCUT2D eigenvalue weighted by atomic mass is 9.86. The van der Waals surface area contributed by atoms with Crippen molar-refractivity contribution in [3.05, 3.63) is 53.6 Å². The maximum Gasteiger partial charge on any atom is 0.315 e. The number of aldehydes is 1. The molecule has 2 aromatic carbocycles. The predicted octanol–water partition coefficient (Wildman–Crippen LogP) is 3.15. The van der Waals surface area contributed by atoms with Crippen LogP contribution >= 0.6 is 0 Å². The molecule has 152 valence electrons. The lowest BCUT2D eigenvalue weighted by molar-refractivity contribution is -0.268. The molecule has 0 bridgehead atoms. The van der Waals surface area contributed by atoms with Crippen LogP contribution < -0.4 is 9.59 Å². The summed E-state index contributed by atoms with van der Waals surface area (Å²) < 4.78 is 0.126. The average Bonchev–Trinajstić information content (AvgIpc) is 2.71. The van der Waals surface area contributed by atoms with E-state index in [2.05, 4.69) is 0 Å². The Balaban J connectivity index is 2.20. The van der Waals surface area contributed by atoms with Gasteiger partial charge in [-0.05, 0) is 37.1 Å². The van der Waals surface area contributed by atoms with Crippen LogP contribution in [0.4, 0.5) is 10.5 Å². The third kappa shape index (κ3) is 3.44. The van der Waals surface area contributed by atoms with Crippen LogP contribution in [0.15, 0.2) is 42.5 Å². The van der Waals surface area contributed by atoms with Gasteiger partial charge in [0.2, 0.25) is 0 Å². The van der Waals surface area contributed by atoms with Crippen molar-refractivity contribution in [2.45, 2.75) is 39.3 Å². The van der Waals surface area contributed by atoms with Gasteiger partial charge in [0.05, 0.1) is 26.1 Å². The smallest absolute Gasteiger partial charge is 0.315 e. The molecule has 6 heteroatoms. The first-order valence-electron chi connectivity index (χ1n) is 9.79. The van der Waals surface area contributed by atoms with Gasteiger partial charge in [-0.3, -0.25) is 4.79 Å². The fraction of sp³-hybridized carbons (Fsp3) is 0.348. The summed E-state index contributed by atoms with van der Waals surface area (Å²) in [5, 5.41) is 11.8. The van der Waals surface area contributed by atoms with Crippen molar-refractivity contribution in [3.63, 3.8) is 0 Å². The maximum absolute atomic E-state index is 12.6. The van der Waals surface area contributed by atoms with Crippen LogP contribution in [0.1, 0.15) is 49.2 Å². The van der Waals surface area contributed by atoms with Crippen molar-refractivity contribution < 1.29 is 19.5 Å². The van der Waals surface area contributed by atoms with Crippen molar-refractivity contribution in [1.29, 1.82) is 0 Å². The monoisotopic (exact) mass is 394 g/mol. The zero-order chi connectivity index (χ0) is 21.3. The Kier molecular flexibility index (Phi) is 5.57. The molecule has 29 heavy (non-hydrogen) atoms. The van der Waals surface area contributed by atoms with Crippen LogP contribution in [-0.4, -0.2) is 42.8 Å². The largest absolute Gasteiger partial charge is 0.530 e. The van der Waals surface area contributed by atoms with Gasteiger partial charge in [0.1, 0.15) is 18.1 Å². The van der Waals surface area contributed by atoms with Gasteiger partial charge in [-0.1, -0.05) is 24.3 Å². The SMILES string of the molecule is CCN(C(=O)[O-])[C@@H]1C[C@H](C)[N+](C)(C(C)=O)c2ccc(-c3ccc(C=O)cc3)cc21. The second kappa shape index (κ2) is 7.79. The Hall–Kier alpha value is -2.99. The summed E-state index contributed by atoms with van der Waals surface area (Å²) >= 11 is 0. The highest BCUT2D eigenvalue weighted by molar-refractivity contribution is 5.89. The first-order valence-corrected chi connectivity index (χ1v) is 9.79. The van der Waals surface area contributed by atoms with E-state index >= 15 is 0 Å². The van der Waals surface area contributed by atoms with E-state index in [1.807, 2.05) is 44.3 Å². The molecule has 0 saturated heterocycles. The molecular formula is C23H26N2O4. The average molecular weight is 394 g/mol. The van der Waals surface area contributed by atoms with Crippen LogP contribution in [0.25, 0.3) is 11.1 Å². The standard InChI is InChI=1S/C23H26N2O4/c1-5-24(23(28)29)21-12-15(2)25(4,16(3)27)22-11-10-19(13-20(21)22)18-8-6-17(14-26)7-9-18/h6-11,13-15,21H,5,12H2,1-4H3/t15-,21+,25?/m0/s1. The Morgan fingerprint density at radius 2 is 1.79 bits per heavy atom. The van der Waals surface area contributed by atoms with E-state index in [9.17, 15) is 19.5 Å². The van der Waals surface area contributed by atoms with Crippen molar-refractivity contribution in [1.82, 2.24) is 9.38 Å². The highest BCUT2D eigenvalue weighted by Gasteiger charge is 2.47. The van der Waals surface area contributed by atoms with Crippen LogP contribution in [0, 0.1) is 0 Å². The highest BCUT2D eigenvalue weighted by atomic mass is 16.4. The fourth-order valence-corrected chi connectivity index (χ4v) is 4.33. The number of rotatable bonds is 4. The summed E-state index contributed by atoms with van der Waals surface area (Å²) in [5.74, 6) is 0.0109. The Labute approximate surface area is 171 Å². The van der Waals surface area contributed by atoms with E-state index in [1.54, 1.807) is 26.0 Å². The van der Waals surface area contributed by atoms with Gasteiger partial charge in [-0.15, -0.1) is 0 Å². The lowest BCUT2D eigenvalue weighted by Crippen LogP contribution is -2.60. The topological polar surface area (TPSA) is 77.5 Å². The third-order valence-corrected chi connectivity index (χ3v) is 6.32. The van der Waals surface area contributed by atoms with Crippen LogP contribution in [0.3, 0.4) is 0 Å². The van der Waals surface area contributed by atoms with Gasteiger partial charge in [0.25, 0.3) is 0 Å². The summed E-state index contributed by atoms with van der Waals surface area (Å²) in [7, 11) is 1.88. The number of fused-ring (bicyclic) bond motifs is 1. The van der Waals surface area contributed by atoms with E-state index < -0.39 is 6.09 Å². The van der Waals surface area contributed by atoms with Gasteiger partial charge >= 0.3 is 5.91 Å². The molecule has 6 nitrogen and oxygen atoms in total. The third-order valence-electron chi connectivity index (χ3n) is 6.32. The summed E-state index contributed by atoms with van der Waals surface area (Å²) in [6.45, 7) is 5.65. The van der Waals surface area contributed by atoms with E-state index in [0.29, 0.717) is 18.5 Å². The summed E-state index contributed by atoms with van der Waals surface area (Å²) in [6, 6.07) is 12.6. The van der Waals surface area contributed by atoms with E-state index in [4.69, 9.17) is 0 Å². The second-order valence-electron chi connectivity index (χ2n) is 7.76. The molecule has 1 aliphatic rings. The van der Waals surface area contributed by atoms with Gasteiger partial charge in [-0.2, -0.15) is 0 Å². The molecule has 0 spiro atoms. The maximum atomic E-state index is 12.6. The molecule has 1 unspecified atom stereocenters. The molecule has 0 N–H and O–H groups in total. The predicted molar refractivity (Wildman–Crippen MR) is 110 cm³/mol. The summed E-state index contributed by atoms with van der Waals surface area (Å²) in [4.78, 5) is 36.6. The number of quaternary nitrogens is 1. The summed E-state index contributed by atoms with van der Waals surface area (Å²) in [5.41, 5.74) is 4.06. The van der Waals surface area contributed by atoms with E-state index in [1.165, 1.54) is 4.90 Å². The number of nitrogens with zero attached hydrogens (tertiary/aromatic N) is 2. The molecule has 3 rings (SSSR count). The molecule has 0 saturated carbocycles. The van der Waals surface area contributed by atoms with Crippen LogP contribution in [-0.2, 0) is 4.79 Å². The minimum atomic E-state index is -1.21. The van der Waals surface area contributed by atoms with Crippen molar-refractivity contribution in [2.24, 2.45) is 0 Å². The number of carbonyl (C=O) groups excluding carboxylic acids is 3. The van der Waals surface area contributed by atoms with Crippen LogP contribution in [0.2, 0.25) is 0 Å². The van der Waals surface area contributed by atoms with Crippen molar-refractivity contribution in [2.75, 3.05) is 13.6 Å². The summed E-state index contributed by atoms with van der Waals surface area (Å²) in [6.07, 6.45) is 0.108. The first kappa shape index (κ1) is 20.7. The lowest BCUT2D eigenvalue weighted by Gasteiger charge is -2.47. The minimum absolute atomic E-state index is 0.0109. The van der Waals surface area contributed by atoms with E-state index in [-0.39, 0.29) is 22.5 Å². The van der Waals surface area contributed by atoms with Gasteiger partial charge < -0.3 is 14.8 Å². The molecule has 2 amide bonds. The van der Waals surface area contributed by atoms with Gasteiger partial charge in [0, 0.05) is 30.2 Å². The molecule has 3 atom stereocenters. The molecule has 2 aromatic rings. The van der Waals surface area contributed by atoms with E-state index in [0.717, 1.165) is 28.7 Å². The molecule has 0 aliphatic carbocycles. The number of carbonyl (C=O) groups is 3. The number of hydrogen-bond acceptors (Lipinski definition) is 4. The Morgan fingerprint density at radius 1 is 1.17 bits per heavy atom. The van der Waals surface area contributed by atoms with Crippen molar-refractivity contribution in [3.8, 4) is 11.1 Å². The van der Waals surface area contributed by atoms with Crippen molar-refractivity contribution >= 4 is 24.0 Å². The molecular weight excluding hydrogens is 368 g/mol. The quantitative estimate of drug-likeness (QED) is 0.590. The zero-order valence-corrected chi connectivity index (χ0v) is 17.2. The molecule has 1 aliphatic heterocycles. The molecule has 1 heterocycles. The fourth-order valence-electron chi connectivity index (χ4n) is 4.33. The van der Waals surface area contributed by atoms with Crippen LogP contribution in [0.5, 0.6) is 0 Å². The second-order valence-corrected chi connectivity index (χ2v) is 7.76. The normalized spacial score (nSPS) is 23.2. The first-order chi connectivity index (χ1) is 13.7. The zero-order valence-electron chi connectivity index (χ0n) is 17.2. The number of benzene rings is 2. The Bertz CT molecular complexity index is 954. The number of carboxylic acid groups (broad SMARTS) is 1. The number of amides is 2. The highest BCUT2D eigenvalue weighted by Crippen LogP contribution is 2.45. The molecule has 0 fully saturated rings. The number of hydrogen-bond donors (Lipinski definition) is 0. The molecule has 0 radical (unpaired) electrons. The minimum Gasteiger partial charge on any atom is -0.530 e. The Morgan fingerprint density at radius 3 is 2.31 bits per heavy atom.